The third-order valence-electron chi connectivity index (χ3n) is 1.93. The van der Waals surface area contributed by atoms with E-state index in [1.165, 1.54) is 0 Å². The molecule has 12 heavy (non-hydrogen) atoms. The van der Waals surface area contributed by atoms with Gasteiger partial charge < -0.3 is 4.79 Å². The summed E-state index contributed by atoms with van der Waals surface area (Å²) in [4.78, 5) is 10.1. The zero-order valence-corrected chi connectivity index (χ0v) is 6.91. The summed E-state index contributed by atoms with van der Waals surface area (Å²) in [6.45, 7) is 1.70. The molecule has 0 amide bonds. The summed E-state index contributed by atoms with van der Waals surface area (Å²) in [5.41, 5.74) is 0.858. The number of aldehydes is 1. The zero-order chi connectivity index (χ0) is 8.97. The van der Waals surface area contributed by atoms with Gasteiger partial charge >= 0.3 is 0 Å². The number of alkyl halides is 1. The predicted molar refractivity (Wildman–Crippen MR) is 45.8 cm³/mol. The van der Waals surface area contributed by atoms with E-state index in [9.17, 15) is 9.18 Å². The topological polar surface area (TPSA) is 17.1 Å². The fourth-order valence-electron chi connectivity index (χ4n) is 1.06. The van der Waals surface area contributed by atoms with E-state index >= 15 is 0 Å². The second kappa shape index (κ2) is 4.00. The molecule has 2 atom stereocenters. The van der Waals surface area contributed by atoms with Crippen LogP contribution in [0.4, 0.5) is 4.39 Å². The van der Waals surface area contributed by atoms with Gasteiger partial charge in [-0.25, -0.2) is 4.39 Å². The third-order valence-corrected chi connectivity index (χ3v) is 1.93. The fourth-order valence-corrected chi connectivity index (χ4v) is 1.06. The Morgan fingerprint density at radius 1 is 1.33 bits per heavy atom. The molecule has 1 nitrogen and oxygen atoms in total. The van der Waals surface area contributed by atoms with E-state index in [0.717, 1.165) is 5.56 Å². The third kappa shape index (κ3) is 1.91. The quantitative estimate of drug-likeness (QED) is 0.630. The van der Waals surface area contributed by atoms with Crippen LogP contribution in [-0.4, -0.2) is 12.5 Å². The highest BCUT2D eigenvalue weighted by atomic mass is 19.1. The van der Waals surface area contributed by atoms with Crippen molar-refractivity contribution >= 4 is 6.29 Å². The Morgan fingerprint density at radius 3 is 2.42 bits per heavy atom. The fraction of sp³-hybridized carbons (Fsp3) is 0.300. The van der Waals surface area contributed by atoms with Crippen LogP contribution in [0.3, 0.4) is 0 Å². The van der Waals surface area contributed by atoms with Crippen molar-refractivity contribution in [1.29, 1.82) is 0 Å². The average molecular weight is 166 g/mol. The maximum atomic E-state index is 12.8. The van der Waals surface area contributed by atoms with Crippen LogP contribution in [0.25, 0.3) is 0 Å². The normalized spacial score (nSPS) is 15.2. The van der Waals surface area contributed by atoms with E-state index in [1.807, 2.05) is 30.3 Å². The lowest BCUT2D eigenvalue weighted by molar-refractivity contribution is -0.112. The minimum atomic E-state index is -1.40. The zero-order valence-electron chi connectivity index (χ0n) is 6.91. The van der Waals surface area contributed by atoms with Crippen molar-refractivity contribution in [2.75, 3.05) is 0 Å². The summed E-state index contributed by atoms with van der Waals surface area (Å²) in [6.07, 6.45) is -1.05. The van der Waals surface area contributed by atoms with Gasteiger partial charge in [0.2, 0.25) is 0 Å². The monoisotopic (exact) mass is 166 g/mol. The number of halogens is 1. The van der Waals surface area contributed by atoms with Crippen LogP contribution >= 0.6 is 0 Å². The molecule has 0 bridgehead atoms. The van der Waals surface area contributed by atoms with Crippen LogP contribution in [0.5, 0.6) is 0 Å². The number of hydrogen-bond donors (Lipinski definition) is 0. The van der Waals surface area contributed by atoms with Crippen LogP contribution < -0.4 is 0 Å². The second-order valence-corrected chi connectivity index (χ2v) is 2.78. The summed E-state index contributed by atoms with van der Waals surface area (Å²) < 4.78 is 12.8. The van der Waals surface area contributed by atoms with Gasteiger partial charge in [0.05, 0.1) is 0 Å². The molecule has 0 aliphatic heterocycles. The molecule has 0 aliphatic rings. The van der Waals surface area contributed by atoms with Gasteiger partial charge in [-0.1, -0.05) is 37.3 Å². The second-order valence-electron chi connectivity index (χ2n) is 2.78. The number of carbonyl (C=O) groups excluding carboxylic acids is 1. The van der Waals surface area contributed by atoms with Gasteiger partial charge in [0, 0.05) is 5.92 Å². The molecule has 0 saturated carbocycles. The number of benzene rings is 1. The van der Waals surface area contributed by atoms with Gasteiger partial charge in [0.15, 0.2) is 12.5 Å². The molecular formula is C10H11FO. The van der Waals surface area contributed by atoms with Gasteiger partial charge in [0.1, 0.15) is 0 Å². The lowest BCUT2D eigenvalue weighted by atomic mass is 9.97. The minimum Gasteiger partial charge on any atom is -0.300 e. The molecule has 0 heterocycles. The summed E-state index contributed by atoms with van der Waals surface area (Å²) >= 11 is 0. The van der Waals surface area contributed by atoms with Gasteiger partial charge in [-0.3, -0.25) is 0 Å². The maximum absolute atomic E-state index is 12.8. The van der Waals surface area contributed by atoms with Crippen molar-refractivity contribution in [3.63, 3.8) is 0 Å². The van der Waals surface area contributed by atoms with Gasteiger partial charge in [-0.2, -0.15) is 0 Å². The Kier molecular flexibility index (Phi) is 2.97. The van der Waals surface area contributed by atoms with E-state index < -0.39 is 6.17 Å². The SMILES string of the molecule is C[C@H](c1ccccc1)[C@H](F)C=O. The molecule has 2 heteroatoms. The highest BCUT2D eigenvalue weighted by Gasteiger charge is 2.16. The van der Waals surface area contributed by atoms with Crippen molar-refractivity contribution < 1.29 is 9.18 Å². The van der Waals surface area contributed by atoms with Crippen molar-refractivity contribution in [1.82, 2.24) is 0 Å². The lowest BCUT2D eigenvalue weighted by Gasteiger charge is -2.10. The molecule has 0 radical (unpaired) electrons. The Morgan fingerprint density at radius 2 is 1.92 bits per heavy atom. The number of hydrogen-bond acceptors (Lipinski definition) is 1. The van der Waals surface area contributed by atoms with Crippen LogP contribution in [0.2, 0.25) is 0 Å². The molecule has 0 saturated heterocycles. The minimum absolute atomic E-state index is 0.344. The standard InChI is InChI=1S/C10H11FO/c1-8(10(11)7-12)9-5-3-2-4-6-9/h2-8,10H,1H3/t8-,10-/m1/s1. The summed E-state index contributed by atoms with van der Waals surface area (Å²) in [5.74, 6) is -0.344. The van der Waals surface area contributed by atoms with Crippen LogP contribution in [-0.2, 0) is 4.79 Å². The van der Waals surface area contributed by atoms with E-state index in [2.05, 4.69) is 0 Å². The van der Waals surface area contributed by atoms with E-state index in [0.29, 0.717) is 6.29 Å². The molecule has 0 aromatic heterocycles. The molecule has 1 aromatic carbocycles. The first kappa shape index (κ1) is 8.91. The summed E-state index contributed by atoms with van der Waals surface area (Å²) in [5, 5.41) is 0. The van der Waals surface area contributed by atoms with E-state index in [4.69, 9.17) is 0 Å². The highest BCUT2D eigenvalue weighted by molar-refractivity contribution is 5.58. The molecule has 0 aliphatic carbocycles. The molecule has 0 fully saturated rings. The summed E-state index contributed by atoms with van der Waals surface area (Å²) in [7, 11) is 0. The smallest absolute Gasteiger partial charge is 0.162 e. The predicted octanol–water partition coefficient (Wildman–Crippen LogP) is 2.33. The van der Waals surface area contributed by atoms with Crippen LogP contribution in [0.1, 0.15) is 18.4 Å². The number of carbonyl (C=O) groups is 1. The molecule has 1 rings (SSSR count). The van der Waals surface area contributed by atoms with Gasteiger partial charge in [-0.15, -0.1) is 0 Å². The summed E-state index contributed by atoms with van der Waals surface area (Å²) in [6, 6.07) is 9.18. The average Bonchev–Trinajstić information content (AvgIpc) is 2.17. The Hall–Kier alpha value is -1.18. The maximum Gasteiger partial charge on any atom is 0.162 e. The number of rotatable bonds is 3. The molecular weight excluding hydrogens is 155 g/mol. The van der Waals surface area contributed by atoms with Crippen LogP contribution in [0.15, 0.2) is 30.3 Å². The molecule has 1 aromatic rings. The van der Waals surface area contributed by atoms with E-state index in [1.54, 1.807) is 6.92 Å². The molecule has 64 valence electrons. The lowest BCUT2D eigenvalue weighted by Crippen LogP contribution is -2.11. The van der Waals surface area contributed by atoms with Gasteiger partial charge in [0.25, 0.3) is 0 Å². The van der Waals surface area contributed by atoms with Crippen molar-refractivity contribution in [3.8, 4) is 0 Å². The Labute approximate surface area is 71.2 Å². The molecule has 0 N–H and O–H groups in total. The Bertz CT molecular complexity index is 245. The van der Waals surface area contributed by atoms with Crippen molar-refractivity contribution in [2.45, 2.75) is 19.0 Å². The Balaban J connectivity index is 2.78. The largest absolute Gasteiger partial charge is 0.300 e. The first-order valence-electron chi connectivity index (χ1n) is 3.90. The molecule has 0 spiro atoms. The first-order chi connectivity index (χ1) is 5.75. The molecule has 0 unspecified atom stereocenters. The van der Waals surface area contributed by atoms with Gasteiger partial charge in [-0.05, 0) is 5.56 Å². The van der Waals surface area contributed by atoms with Crippen LogP contribution in [0, 0.1) is 0 Å². The van der Waals surface area contributed by atoms with Crippen molar-refractivity contribution in [2.24, 2.45) is 0 Å². The van der Waals surface area contributed by atoms with Crippen molar-refractivity contribution in [3.05, 3.63) is 35.9 Å². The van der Waals surface area contributed by atoms with E-state index in [-0.39, 0.29) is 5.92 Å². The highest BCUT2D eigenvalue weighted by Crippen LogP contribution is 2.19. The first-order valence-corrected chi connectivity index (χ1v) is 3.90.